The Bertz CT molecular complexity index is 1180. The number of benzene rings is 2. The summed E-state index contributed by atoms with van der Waals surface area (Å²) in [4.78, 5) is -0.0383. The van der Waals surface area contributed by atoms with Crippen LogP contribution in [0.2, 0.25) is 10.0 Å². The van der Waals surface area contributed by atoms with Crippen LogP contribution in [0.25, 0.3) is 0 Å². The third kappa shape index (κ3) is 10.1. The number of nitrogens with zero attached hydrogens (tertiary/aromatic N) is 2. The molecule has 2 aromatic carbocycles. The van der Waals surface area contributed by atoms with E-state index in [1.807, 2.05) is 0 Å². The van der Waals surface area contributed by atoms with E-state index >= 15 is 0 Å². The fourth-order valence-corrected chi connectivity index (χ4v) is 5.16. The molecule has 2 aromatic rings. The molecule has 0 aliphatic rings. The number of sulfonamides is 2. The maximum absolute atomic E-state index is 11.5. The minimum Gasteiger partial charge on any atom is -0.778 e. The molecule has 0 aliphatic heterocycles. The Balaban J connectivity index is 0. The summed E-state index contributed by atoms with van der Waals surface area (Å²) < 4.78 is 49.3. The second-order valence-corrected chi connectivity index (χ2v) is 10.5. The molecule has 16 heteroatoms. The Kier molecular flexibility index (Phi) is 17.0. The van der Waals surface area contributed by atoms with E-state index in [2.05, 4.69) is 0 Å². The predicted molar refractivity (Wildman–Crippen MR) is 116 cm³/mol. The smallest absolute Gasteiger partial charge is 0.778 e. The Morgan fingerprint density at radius 1 is 0.750 bits per heavy atom. The zero-order valence-electron chi connectivity index (χ0n) is 17.2. The van der Waals surface area contributed by atoms with E-state index in [4.69, 9.17) is 59.0 Å². The summed E-state index contributed by atoms with van der Waals surface area (Å²) in [7, 11) is -7.71. The first-order chi connectivity index (χ1) is 13.8. The van der Waals surface area contributed by atoms with E-state index in [1.54, 1.807) is 23.3 Å². The summed E-state index contributed by atoms with van der Waals surface area (Å²) in [5.74, 6) is 0. The molecule has 0 heterocycles. The molecule has 0 radical (unpaired) electrons. The third-order valence-electron chi connectivity index (χ3n) is 3.39. The van der Waals surface area contributed by atoms with Crippen LogP contribution in [0.1, 0.15) is 11.1 Å². The second-order valence-electron chi connectivity index (χ2n) is 5.53. The largest absolute Gasteiger partial charge is 1.00 e. The summed E-state index contributed by atoms with van der Waals surface area (Å²) in [6, 6.07) is 5.42. The quantitative estimate of drug-likeness (QED) is 0.160. The molecule has 0 aromatic heterocycles. The maximum atomic E-state index is 11.5. The van der Waals surface area contributed by atoms with Crippen molar-refractivity contribution >= 4 is 68.5 Å². The Labute approximate surface area is 293 Å². The average Bonchev–Trinajstić information content (AvgIpc) is 2.61. The summed E-state index contributed by atoms with van der Waals surface area (Å²) in [6.07, 6.45) is 2.70. The molecule has 0 unspecified atom stereocenters. The van der Waals surface area contributed by atoms with Crippen molar-refractivity contribution in [3.05, 3.63) is 45.4 Å². The van der Waals surface area contributed by atoms with Gasteiger partial charge in [0.15, 0.2) is 12.4 Å². The summed E-state index contributed by atoms with van der Waals surface area (Å²) in [5, 5.41) is 17.4. The fraction of sp³-hybridized carbons (Fsp3) is 0.125. The molecule has 0 atom stereocenters. The van der Waals surface area contributed by atoms with Crippen LogP contribution in [0, 0.1) is 36.8 Å². The monoisotopic (exact) mass is 600 g/mol. The van der Waals surface area contributed by atoms with Gasteiger partial charge in [0.25, 0.3) is 20.0 Å². The molecule has 0 fully saturated rings. The molecule has 0 saturated heterocycles. The van der Waals surface area contributed by atoms with Crippen LogP contribution >= 0.6 is 23.2 Å². The fourth-order valence-electron chi connectivity index (χ4n) is 1.92. The van der Waals surface area contributed by atoms with Crippen LogP contribution in [0.3, 0.4) is 0 Å². The number of halogens is 2. The SMILES string of the molecule is Cc1cc(S(=O)(=O)NC#N)c([S-])cc1Cl.Cc1cc(S(=O)(=O)NC#N)c([S-])cc1Cl.[K+].[K+]. The van der Waals surface area contributed by atoms with Gasteiger partial charge in [0.1, 0.15) is 0 Å². The van der Waals surface area contributed by atoms with Crippen molar-refractivity contribution in [1.29, 1.82) is 10.5 Å². The van der Waals surface area contributed by atoms with Gasteiger partial charge in [-0.1, -0.05) is 35.3 Å². The van der Waals surface area contributed by atoms with E-state index in [1.165, 1.54) is 36.7 Å². The summed E-state index contributed by atoms with van der Waals surface area (Å²) in [5.41, 5.74) is 1.17. The van der Waals surface area contributed by atoms with Gasteiger partial charge in [-0.2, -0.15) is 20.3 Å². The van der Waals surface area contributed by atoms with E-state index < -0.39 is 20.0 Å². The van der Waals surface area contributed by atoms with Gasteiger partial charge in [-0.25, -0.2) is 26.3 Å². The van der Waals surface area contributed by atoms with Crippen molar-refractivity contribution in [3.8, 4) is 12.4 Å². The second kappa shape index (κ2) is 15.4. The molecule has 0 aliphatic carbocycles. The van der Waals surface area contributed by atoms with Crippen LogP contribution in [0.4, 0.5) is 0 Å². The van der Waals surface area contributed by atoms with Gasteiger partial charge in [0.2, 0.25) is 0 Å². The van der Waals surface area contributed by atoms with Crippen LogP contribution in [0.5, 0.6) is 0 Å². The Morgan fingerprint density at radius 2 is 1.03 bits per heavy atom. The maximum Gasteiger partial charge on any atom is 1.00 e. The molecule has 8 nitrogen and oxygen atoms in total. The molecule has 0 bridgehead atoms. The minimum atomic E-state index is -3.85. The van der Waals surface area contributed by atoms with Gasteiger partial charge >= 0.3 is 103 Å². The molecule has 32 heavy (non-hydrogen) atoms. The number of hydrogen-bond donors (Lipinski definition) is 2. The third-order valence-corrected chi connectivity index (χ3v) is 7.69. The van der Waals surface area contributed by atoms with E-state index in [9.17, 15) is 16.8 Å². The molecule has 0 spiro atoms. The summed E-state index contributed by atoms with van der Waals surface area (Å²) in [6.45, 7) is 3.31. The number of rotatable bonds is 4. The summed E-state index contributed by atoms with van der Waals surface area (Å²) >= 11 is 21.2. The standard InChI is InChI=1S/2C8H7ClN2O2S2.2K/c2*1-5-2-8(7(14)3-6(5)9)15(12,13)11-4-10;;/h2*2-3,11,14H,1H3;;/q;;2*+1/p-2. The predicted octanol–water partition coefficient (Wildman–Crippen LogP) is -3.36. The minimum absolute atomic E-state index is 0. The normalized spacial score (nSPS) is 10.1. The molecule has 160 valence electrons. The van der Waals surface area contributed by atoms with Gasteiger partial charge in [0, 0.05) is 10.0 Å². The van der Waals surface area contributed by atoms with Crippen molar-refractivity contribution in [2.24, 2.45) is 0 Å². The van der Waals surface area contributed by atoms with E-state index in [0.29, 0.717) is 21.2 Å². The van der Waals surface area contributed by atoms with Gasteiger partial charge in [-0.05, 0) is 37.1 Å². The van der Waals surface area contributed by atoms with E-state index in [0.717, 1.165) is 0 Å². The van der Waals surface area contributed by atoms with Gasteiger partial charge < -0.3 is 25.3 Å². The molecule has 0 amide bonds. The number of hydrogen-bond acceptors (Lipinski definition) is 8. The van der Waals surface area contributed by atoms with Crippen molar-refractivity contribution in [3.63, 3.8) is 0 Å². The molecular formula is C16H12Cl2K2N4O4S4. The molecular weight excluding hydrogens is 590 g/mol. The van der Waals surface area contributed by atoms with Crippen molar-refractivity contribution in [1.82, 2.24) is 9.44 Å². The van der Waals surface area contributed by atoms with E-state index in [-0.39, 0.29) is 122 Å². The van der Waals surface area contributed by atoms with Gasteiger partial charge in [0.05, 0.1) is 9.79 Å². The van der Waals surface area contributed by atoms with Gasteiger partial charge in [-0.15, -0.1) is 0 Å². The van der Waals surface area contributed by atoms with Gasteiger partial charge in [-0.3, -0.25) is 0 Å². The zero-order valence-corrected chi connectivity index (χ0v) is 28.2. The number of nitrogens with one attached hydrogen (secondary N) is 2. The van der Waals surface area contributed by atoms with Crippen molar-refractivity contribution < 1.29 is 120 Å². The first-order valence-electron chi connectivity index (χ1n) is 7.53. The number of aryl methyl sites for hydroxylation is 2. The zero-order chi connectivity index (χ0) is 23.3. The average molecular weight is 602 g/mol. The molecule has 2 N–H and O–H groups in total. The number of nitriles is 2. The first-order valence-corrected chi connectivity index (χ1v) is 12.1. The Morgan fingerprint density at radius 3 is 1.28 bits per heavy atom. The topological polar surface area (TPSA) is 140 Å². The first kappa shape index (κ1) is 35.4. The van der Waals surface area contributed by atoms with Crippen LogP contribution < -0.4 is 112 Å². The van der Waals surface area contributed by atoms with Crippen LogP contribution in [0.15, 0.2) is 43.8 Å². The van der Waals surface area contributed by atoms with Crippen molar-refractivity contribution in [2.45, 2.75) is 33.4 Å². The van der Waals surface area contributed by atoms with Crippen molar-refractivity contribution in [2.75, 3.05) is 0 Å². The van der Waals surface area contributed by atoms with Crippen LogP contribution in [-0.4, -0.2) is 16.8 Å². The molecule has 0 saturated carbocycles. The Hall–Kier alpha value is 1.21. The molecule has 2 rings (SSSR count). The van der Waals surface area contributed by atoms with Crippen LogP contribution in [-0.2, 0) is 45.3 Å².